The fourth-order valence-electron chi connectivity index (χ4n) is 2.93. The van der Waals surface area contributed by atoms with Gasteiger partial charge in [0.15, 0.2) is 0 Å². The summed E-state index contributed by atoms with van der Waals surface area (Å²) in [7, 11) is -3.40. The molecule has 0 saturated carbocycles. The monoisotopic (exact) mass is 351 g/mol. The summed E-state index contributed by atoms with van der Waals surface area (Å²) in [4.78, 5) is 0.416. The minimum Gasteiger partial charge on any atom is -0.457 e. The lowest BCUT2D eigenvalue weighted by molar-refractivity contribution is 0.419. The van der Waals surface area contributed by atoms with Crippen molar-refractivity contribution in [2.75, 3.05) is 0 Å². The van der Waals surface area contributed by atoms with E-state index in [1.807, 2.05) is 66.7 Å². The Labute approximate surface area is 147 Å². The Morgan fingerprint density at radius 1 is 0.800 bits per heavy atom. The van der Waals surface area contributed by atoms with Crippen LogP contribution in [-0.4, -0.2) is 12.7 Å². The molecule has 1 heterocycles. The molecule has 126 valence electrons. The summed E-state index contributed by atoms with van der Waals surface area (Å²) in [6, 6.07) is 24.2. The average Bonchev–Trinajstić information content (AvgIpc) is 2.88. The van der Waals surface area contributed by atoms with Crippen molar-refractivity contribution in [2.24, 2.45) is 0 Å². The molecule has 4 rings (SSSR count). The van der Waals surface area contributed by atoms with Gasteiger partial charge in [-0.1, -0.05) is 48.5 Å². The molecule has 0 aromatic heterocycles. The minimum absolute atomic E-state index is 0.350. The van der Waals surface area contributed by atoms with Gasteiger partial charge in [-0.3, -0.25) is 0 Å². The van der Waals surface area contributed by atoms with E-state index >= 15 is 0 Å². The first kappa shape index (κ1) is 15.9. The Balaban J connectivity index is 1.49. The lowest BCUT2D eigenvalue weighted by atomic mass is 10.2. The number of fused-ring (bicyclic) bond motifs is 1. The van der Waals surface area contributed by atoms with Crippen molar-refractivity contribution >= 4 is 10.0 Å². The highest BCUT2D eigenvalue weighted by Gasteiger charge is 2.33. The number of para-hydroxylation sites is 1. The Morgan fingerprint density at radius 2 is 1.44 bits per heavy atom. The van der Waals surface area contributed by atoms with E-state index in [1.54, 1.807) is 12.1 Å². The van der Waals surface area contributed by atoms with E-state index < -0.39 is 10.0 Å². The molecule has 0 radical (unpaired) electrons. The van der Waals surface area contributed by atoms with Gasteiger partial charge in [-0.05, 0) is 41.5 Å². The van der Waals surface area contributed by atoms with Crippen LogP contribution < -0.4 is 4.74 Å². The van der Waals surface area contributed by atoms with Gasteiger partial charge in [0.2, 0.25) is 10.0 Å². The Hall–Kier alpha value is -2.63. The van der Waals surface area contributed by atoms with E-state index in [4.69, 9.17) is 4.74 Å². The molecule has 0 N–H and O–H groups in total. The van der Waals surface area contributed by atoms with Gasteiger partial charge in [0.1, 0.15) is 11.5 Å². The molecular weight excluding hydrogens is 334 g/mol. The second-order valence-corrected chi connectivity index (χ2v) is 7.85. The van der Waals surface area contributed by atoms with E-state index in [2.05, 4.69) is 0 Å². The summed E-state index contributed by atoms with van der Waals surface area (Å²) < 4.78 is 32.5. The topological polar surface area (TPSA) is 46.6 Å². The maximum atomic E-state index is 12.6. The molecule has 4 nitrogen and oxygen atoms in total. The van der Waals surface area contributed by atoms with E-state index in [9.17, 15) is 8.42 Å². The van der Waals surface area contributed by atoms with Gasteiger partial charge in [0, 0.05) is 13.1 Å². The molecular formula is C20H17NO3S. The second-order valence-electron chi connectivity index (χ2n) is 5.94. The second kappa shape index (κ2) is 6.35. The van der Waals surface area contributed by atoms with E-state index in [0.29, 0.717) is 18.0 Å². The highest BCUT2D eigenvalue weighted by molar-refractivity contribution is 7.89. The summed E-state index contributed by atoms with van der Waals surface area (Å²) in [5.41, 5.74) is 1.78. The number of rotatable bonds is 4. The van der Waals surface area contributed by atoms with Crippen LogP contribution in [0.25, 0.3) is 0 Å². The Kier molecular flexibility index (Phi) is 4.03. The summed E-state index contributed by atoms with van der Waals surface area (Å²) >= 11 is 0. The average molecular weight is 351 g/mol. The molecule has 0 unspecified atom stereocenters. The largest absolute Gasteiger partial charge is 0.457 e. The molecule has 0 fully saturated rings. The molecule has 0 spiro atoms. The molecule has 5 heteroatoms. The predicted molar refractivity (Wildman–Crippen MR) is 95.8 cm³/mol. The van der Waals surface area contributed by atoms with Crippen molar-refractivity contribution in [3.63, 3.8) is 0 Å². The first-order chi connectivity index (χ1) is 12.1. The van der Waals surface area contributed by atoms with Crippen LogP contribution in [0.4, 0.5) is 0 Å². The van der Waals surface area contributed by atoms with E-state index in [1.165, 1.54) is 4.31 Å². The third kappa shape index (κ3) is 3.16. The zero-order chi connectivity index (χ0) is 17.3. The number of benzene rings is 3. The van der Waals surface area contributed by atoms with Crippen LogP contribution in [0.3, 0.4) is 0 Å². The summed E-state index contributed by atoms with van der Waals surface area (Å²) in [5, 5.41) is 0. The maximum absolute atomic E-state index is 12.6. The quantitative estimate of drug-likeness (QED) is 0.708. The van der Waals surface area contributed by atoms with Crippen LogP contribution in [0.1, 0.15) is 11.1 Å². The zero-order valence-corrected chi connectivity index (χ0v) is 14.3. The van der Waals surface area contributed by atoms with E-state index in [-0.39, 0.29) is 0 Å². The van der Waals surface area contributed by atoms with Crippen molar-refractivity contribution in [1.82, 2.24) is 4.31 Å². The minimum atomic E-state index is -3.40. The molecule has 0 aliphatic carbocycles. The normalized spacial score (nSPS) is 15.7. The van der Waals surface area contributed by atoms with Crippen LogP contribution in [0, 0.1) is 0 Å². The number of hydrogen-bond acceptors (Lipinski definition) is 3. The van der Waals surface area contributed by atoms with Crippen molar-refractivity contribution < 1.29 is 13.2 Å². The molecule has 25 heavy (non-hydrogen) atoms. The number of ether oxygens (including phenoxy) is 1. The Bertz CT molecular complexity index is 983. The molecule has 3 aromatic rings. The van der Waals surface area contributed by atoms with Crippen LogP contribution in [-0.2, 0) is 23.1 Å². The fraction of sp³-hybridized carbons (Fsp3) is 0.100. The zero-order valence-electron chi connectivity index (χ0n) is 13.5. The van der Waals surface area contributed by atoms with Crippen LogP contribution in [0.5, 0.6) is 11.5 Å². The lowest BCUT2D eigenvalue weighted by Crippen LogP contribution is -2.23. The van der Waals surface area contributed by atoms with Gasteiger partial charge in [-0.25, -0.2) is 8.42 Å². The fourth-order valence-corrected chi connectivity index (χ4v) is 4.55. The van der Waals surface area contributed by atoms with Gasteiger partial charge < -0.3 is 4.74 Å². The molecule has 0 amide bonds. The lowest BCUT2D eigenvalue weighted by Gasteiger charge is -2.15. The van der Waals surface area contributed by atoms with Gasteiger partial charge in [0.25, 0.3) is 0 Å². The third-order valence-corrected chi connectivity index (χ3v) is 6.09. The van der Waals surface area contributed by atoms with Gasteiger partial charge >= 0.3 is 0 Å². The maximum Gasteiger partial charge on any atom is 0.244 e. The molecule has 3 aromatic carbocycles. The first-order valence-corrected chi connectivity index (χ1v) is 9.47. The molecule has 1 aliphatic heterocycles. The summed E-state index contributed by atoms with van der Waals surface area (Å²) in [5.74, 6) is 1.50. The van der Waals surface area contributed by atoms with Gasteiger partial charge in [-0.2, -0.15) is 4.31 Å². The van der Waals surface area contributed by atoms with Crippen molar-refractivity contribution in [3.8, 4) is 11.5 Å². The van der Waals surface area contributed by atoms with Crippen molar-refractivity contribution in [2.45, 2.75) is 18.0 Å². The van der Waals surface area contributed by atoms with Crippen LogP contribution in [0.2, 0.25) is 0 Å². The Morgan fingerprint density at radius 3 is 2.16 bits per heavy atom. The smallest absolute Gasteiger partial charge is 0.244 e. The molecule has 1 aliphatic rings. The third-order valence-electron chi connectivity index (χ3n) is 4.20. The summed E-state index contributed by atoms with van der Waals surface area (Å²) in [6.45, 7) is 0.767. The predicted octanol–water partition coefficient (Wildman–Crippen LogP) is 4.18. The summed E-state index contributed by atoms with van der Waals surface area (Å²) in [6.07, 6.45) is 0. The number of hydrogen-bond donors (Lipinski definition) is 0. The molecule has 0 atom stereocenters. The standard InChI is InChI=1S/C20H17NO3S/c22-25(23)20-9-5-4-6-17(20)15-21(25)14-16-10-12-19(13-11-16)24-18-7-2-1-3-8-18/h1-13H,14-15H2. The number of sulfonamides is 1. The van der Waals surface area contributed by atoms with Crippen molar-refractivity contribution in [3.05, 3.63) is 90.0 Å². The van der Waals surface area contributed by atoms with Crippen LogP contribution in [0.15, 0.2) is 83.8 Å². The molecule has 0 bridgehead atoms. The highest BCUT2D eigenvalue weighted by Crippen LogP contribution is 2.31. The SMILES string of the molecule is O=S1(=O)c2ccccc2CN1Cc1ccc(Oc2ccccc2)cc1. The number of nitrogens with zero attached hydrogens (tertiary/aromatic N) is 1. The van der Waals surface area contributed by atoms with Crippen LogP contribution >= 0.6 is 0 Å². The molecule has 0 saturated heterocycles. The highest BCUT2D eigenvalue weighted by atomic mass is 32.2. The van der Waals surface area contributed by atoms with Gasteiger partial charge in [0.05, 0.1) is 4.90 Å². The van der Waals surface area contributed by atoms with Crippen molar-refractivity contribution in [1.29, 1.82) is 0 Å². The first-order valence-electron chi connectivity index (χ1n) is 8.03. The van der Waals surface area contributed by atoms with Gasteiger partial charge in [-0.15, -0.1) is 0 Å². The van der Waals surface area contributed by atoms with E-state index in [0.717, 1.165) is 22.6 Å².